The van der Waals surface area contributed by atoms with Crippen molar-refractivity contribution in [1.29, 1.82) is 0 Å². The van der Waals surface area contributed by atoms with Crippen molar-refractivity contribution in [2.45, 2.75) is 52.4 Å². The van der Waals surface area contributed by atoms with Crippen molar-refractivity contribution in [3.05, 3.63) is 28.8 Å². The minimum atomic E-state index is -0.0531. The lowest BCUT2D eigenvalue weighted by Crippen LogP contribution is -2.19. The molecule has 0 fully saturated rings. The van der Waals surface area contributed by atoms with Crippen LogP contribution in [0, 0.1) is 0 Å². The van der Waals surface area contributed by atoms with E-state index in [1.807, 2.05) is 6.07 Å². The monoisotopic (exact) mass is 248 g/mol. The molecule has 0 N–H and O–H groups in total. The molecular formula is C16H24O2. The quantitative estimate of drug-likeness (QED) is 0.736. The molecule has 1 rings (SSSR count). The zero-order chi connectivity index (χ0) is 14.1. The fourth-order valence-electron chi connectivity index (χ4n) is 2.10. The van der Waals surface area contributed by atoms with E-state index in [9.17, 15) is 4.79 Å². The Morgan fingerprint density at radius 3 is 1.78 bits per heavy atom. The molecule has 0 saturated carbocycles. The normalized spacial score (nSPS) is 12.4. The van der Waals surface area contributed by atoms with Gasteiger partial charge in [0.2, 0.25) is 0 Å². The molecule has 0 aliphatic carbocycles. The first-order valence-electron chi connectivity index (χ1n) is 6.29. The summed E-state index contributed by atoms with van der Waals surface area (Å²) in [6, 6.07) is 3.97. The number of carbonyl (C=O) groups excluding carboxylic acids is 1. The van der Waals surface area contributed by atoms with Crippen molar-refractivity contribution >= 4 is 6.29 Å². The average molecular weight is 248 g/mol. The van der Waals surface area contributed by atoms with Crippen LogP contribution in [0.2, 0.25) is 0 Å². The van der Waals surface area contributed by atoms with Gasteiger partial charge in [0.25, 0.3) is 0 Å². The van der Waals surface area contributed by atoms with Gasteiger partial charge in [0, 0.05) is 5.56 Å². The van der Waals surface area contributed by atoms with Gasteiger partial charge in [-0.05, 0) is 28.0 Å². The highest BCUT2D eigenvalue weighted by molar-refractivity contribution is 5.79. The van der Waals surface area contributed by atoms with Crippen molar-refractivity contribution in [2.24, 2.45) is 0 Å². The summed E-state index contributed by atoms with van der Waals surface area (Å²) in [5.74, 6) is 0.789. The smallest absolute Gasteiger partial charge is 0.150 e. The van der Waals surface area contributed by atoms with Gasteiger partial charge in [-0.15, -0.1) is 0 Å². The van der Waals surface area contributed by atoms with Gasteiger partial charge in [0.15, 0.2) is 0 Å². The maximum absolute atomic E-state index is 11.2. The molecule has 0 amide bonds. The van der Waals surface area contributed by atoms with Crippen molar-refractivity contribution in [1.82, 2.24) is 0 Å². The summed E-state index contributed by atoms with van der Waals surface area (Å²) < 4.78 is 5.42. The van der Waals surface area contributed by atoms with Crippen LogP contribution in [-0.4, -0.2) is 13.4 Å². The second kappa shape index (κ2) is 4.75. The molecule has 0 saturated heterocycles. The third-order valence-corrected chi connectivity index (χ3v) is 3.11. The van der Waals surface area contributed by atoms with Gasteiger partial charge in [-0.3, -0.25) is 4.79 Å². The van der Waals surface area contributed by atoms with Gasteiger partial charge >= 0.3 is 0 Å². The molecule has 0 aromatic heterocycles. The number of hydrogen-bond acceptors (Lipinski definition) is 2. The molecule has 1 aromatic carbocycles. The molecule has 0 heterocycles. The highest BCUT2D eigenvalue weighted by Gasteiger charge is 2.25. The van der Waals surface area contributed by atoms with Crippen LogP contribution in [0.3, 0.4) is 0 Å². The molecular weight excluding hydrogens is 224 g/mol. The first-order valence-corrected chi connectivity index (χ1v) is 6.29. The Kier molecular flexibility index (Phi) is 3.89. The first-order chi connectivity index (χ1) is 8.11. The van der Waals surface area contributed by atoms with E-state index in [1.165, 1.54) is 0 Å². The van der Waals surface area contributed by atoms with Crippen molar-refractivity contribution in [2.75, 3.05) is 7.11 Å². The van der Waals surface area contributed by atoms with Crippen LogP contribution in [0.15, 0.2) is 12.1 Å². The second-order valence-electron chi connectivity index (χ2n) is 6.76. The summed E-state index contributed by atoms with van der Waals surface area (Å²) in [6.07, 6.45) is 0.912. The maximum Gasteiger partial charge on any atom is 0.150 e. The van der Waals surface area contributed by atoms with Gasteiger partial charge in [-0.2, -0.15) is 0 Å². The van der Waals surface area contributed by atoms with Crippen molar-refractivity contribution in [3.63, 3.8) is 0 Å². The lowest BCUT2D eigenvalue weighted by atomic mass is 9.78. The molecule has 2 heteroatoms. The molecule has 0 radical (unpaired) electrons. The van der Waals surface area contributed by atoms with Crippen LogP contribution in [0.4, 0.5) is 0 Å². The summed E-state index contributed by atoms with van der Waals surface area (Å²) >= 11 is 0. The Morgan fingerprint density at radius 1 is 0.944 bits per heavy atom. The highest BCUT2D eigenvalue weighted by Crippen LogP contribution is 2.37. The SMILES string of the molecule is COc1cc(C=O)c(C(C)(C)C)cc1C(C)(C)C. The standard InChI is InChI=1S/C16H24O2/c1-15(2,3)12-9-13(16(4,5)6)14(18-7)8-11(12)10-17/h8-10H,1-7H3. The maximum atomic E-state index is 11.2. The number of aldehydes is 1. The molecule has 0 aliphatic rings. The fraction of sp³-hybridized carbons (Fsp3) is 0.562. The molecule has 18 heavy (non-hydrogen) atoms. The topological polar surface area (TPSA) is 26.3 Å². The van der Waals surface area contributed by atoms with Crippen LogP contribution in [-0.2, 0) is 10.8 Å². The van der Waals surface area contributed by atoms with Crippen LogP contribution in [0.1, 0.15) is 63.0 Å². The molecule has 0 spiro atoms. The number of ether oxygens (including phenoxy) is 1. The number of carbonyl (C=O) groups is 1. The summed E-state index contributed by atoms with van der Waals surface area (Å²) in [5.41, 5.74) is 2.87. The van der Waals surface area contributed by atoms with Crippen molar-refractivity contribution < 1.29 is 9.53 Å². The zero-order valence-corrected chi connectivity index (χ0v) is 12.5. The van der Waals surface area contributed by atoms with Gasteiger partial charge < -0.3 is 4.74 Å². The molecule has 0 aliphatic heterocycles. The minimum absolute atomic E-state index is 0.00718. The Labute approximate surface area is 110 Å². The summed E-state index contributed by atoms with van der Waals surface area (Å²) in [4.78, 5) is 11.2. The van der Waals surface area contributed by atoms with Gasteiger partial charge in [-0.1, -0.05) is 47.6 Å². The number of rotatable bonds is 2. The molecule has 1 aromatic rings. The molecule has 100 valence electrons. The van der Waals surface area contributed by atoms with Gasteiger partial charge in [-0.25, -0.2) is 0 Å². The number of methoxy groups -OCH3 is 1. The Hall–Kier alpha value is -1.31. The van der Waals surface area contributed by atoms with Gasteiger partial charge in [0.05, 0.1) is 7.11 Å². The van der Waals surface area contributed by atoms with E-state index in [4.69, 9.17) is 4.74 Å². The minimum Gasteiger partial charge on any atom is -0.496 e. The molecule has 0 atom stereocenters. The van der Waals surface area contributed by atoms with Crippen molar-refractivity contribution in [3.8, 4) is 5.75 Å². The molecule has 0 unspecified atom stereocenters. The van der Waals surface area contributed by atoms with E-state index in [-0.39, 0.29) is 10.8 Å². The van der Waals surface area contributed by atoms with Crippen LogP contribution >= 0.6 is 0 Å². The van der Waals surface area contributed by atoms with E-state index in [1.54, 1.807) is 7.11 Å². The van der Waals surface area contributed by atoms with E-state index >= 15 is 0 Å². The molecule has 0 bridgehead atoms. The third-order valence-electron chi connectivity index (χ3n) is 3.11. The molecule has 2 nitrogen and oxygen atoms in total. The Morgan fingerprint density at radius 2 is 1.44 bits per heavy atom. The number of hydrogen-bond donors (Lipinski definition) is 0. The zero-order valence-electron chi connectivity index (χ0n) is 12.5. The highest BCUT2D eigenvalue weighted by atomic mass is 16.5. The predicted molar refractivity (Wildman–Crippen MR) is 75.8 cm³/mol. The third kappa shape index (κ3) is 2.92. The number of benzene rings is 1. The lowest BCUT2D eigenvalue weighted by Gasteiger charge is -2.28. The van der Waals surface area contributed by atoms with Crippen LogP contribution in [0.25, 0.3) is 0 Å². The van der Waals surface area contributed by atoms with E-state index < -0.39 is 0 Å². The van der Waals surface area contributed by atoms with E-state index in [0.29, 0.717) is 5.56 Å². The predicted octanol–water partition coefficient (Wildman–Crippen LogP) is 4.10. The lowest BCUT2D eigenvalue weighted by molar-refractivity contribution is 0.112. The summed E-state index contributed by atoms with van der Waals surface area (Å²) in [6.45, 7) is 12.8. The Balaban J connectivity index is 3.60. The van der Waals surface area contributed by atoms with E-state index in [2.05, 4.69) is 47.6 Å². The second-order valence-corrected chi connectivity index (χ2v) is 6.76. The summed E-state index contributed by atoms with van der Waals surface area (Å²) in [7, 11) is 1.65. The van der Waals surface area contributed by atoms with Crippen LogP contribution < -0.4 is 4.74 Å². The van der Waals surface area contributed by atoms with Crippen LogP contribution in [0.5, 0.6) is 5.75 Å². The summed E-state index contributed by atoms with van der Waals surface area (Å²) in [5, 5.41) is 0. The average Bonchev–Trinajstić information content (AvgIpc) is 2.24. The van der Waals surface area contributed by atoms with Gasteiger partial charge in [0.1, 0.15) is 12.0 Å². The Bertz CT molecular complexity index is 445. The largest absolute Gasteiger partial charge is 0.496 e. The van der Waals surface area contributed by atoms with E-state index in [0.717, 1.165) is 23.2 Å². The first kappa shape index (κ1) is 14.7. The fourth-order valence-corrected chi connectivity index (χ4v) is 2.10.